The Kier molecular flexibility index (Phi) is 7.24. The normalized spacial score (nSPS) is 11.9. The molecule has 0 aliphatic rings. The van der Waals surface area contributed by atoms with Crippen LogP contribution in [0.2, 0.25) is 0 Å². The summed E-state index contributed by atoms with van der Waals surface area (Å²) in [5.41, 5.74) is 14.5. The van der Waals surface area contributed by atoms with Crippen molar-refractivity contribution in [1.82, 2.24) is 19.1 Å². The smallest absolute Gasteiger partial charge is 0.235 e. The van der Waals surface area contributed by atoms with Crippen molar-refractivity contribution in [2.45, 2.75) is 0 Å². The summed E-state index contributed by atoms with van der Waals surface area (Å²) >= 11 is 0. The van der Waals surface area contributed by atoms with Gasteiger partial charge >= 0.3 is 0 Å². The Morgan fingerprint density at radius 3 is 1.77 bits per heavy atom. The Morgan fingerprint density at radius 2 is 0.967 bits per heavy atom. The lowest BCUT2D eigenvalue weighted by Crippen LogP contribution is -2.03. The molecule has 13 rings (SSSR count). The Hall–Kier alpha value is -8.28. The van der Waals surface area contributed by atoms with Crippen LogP contribution in [0.4, 0.5) is 0 Å². The molecule has 0 fully saturated rings. The second-order valence-electron chi connectivity index (χ2n) is 15.7. The molecule has 4 heterocycles. The van der Waals surface area contributed by atoms with E-state index in [1.165, 1.54) is 27.4 Å². The van der Waals surface area contributed by atoms with Crippen molar-refractivity contribution < 1.29 is 4.42 Å². The molecule has 0 unspecified atom stereocenters. The van der Waals surface area contributed by atoms with Gasteiger partial charge in [-0.15, -0.1) is 0 Å². The minimum absolute atomic E-state index is 0.590. The fourth-order valence-electron chi connectivity index (χ4n) is 9.60. The maximum Gasteiger partial charge on any atom is 0.235 e. The Morgan fingerprint density at radius 1 is 0.377 bits per heavy atom. The van der Waals surface area contributed by atoms with Gasteiger partial charge in [-0.3, -0.25) is 4.57 Å². The van der Waals surface area contributed by atoms with Crippen LogP contribution in [0.1, 0.15) is 0 Å². The number of para-hydroxylation sites is 5. The topological polar surface area (TPSA) is 48.8 Å². The van der Waals surface area contributed by atoms with Gasteiger partial charge in [-0.1, -0.05) is 152 Å². The predicted molar refractivity (Wildman–Crippen MR) is 252 cm³/mol. The first-order chi connectivity index (χ1) is 30.3. The van der Waals surface area contributed by atoms with Crippen LogP contribution in [0.15, 0.2) is 211 Å². The lowest BCUT2D eigenvalue weighted by atomic mass is 9.95. The molecule has 0 bridgehead atoms. The molecule has 13 aromatic rings. The molecule has 5 heteroatoms. The van der Waals surface area contributed by atoms with Crippen LogP contribution in [0.5, 0.6) is 0 Å². The van der Waals surface area contributed by atoms with E-state index >= 15 is 0 Å². The highest BCUT2D eigenvalue weighted by Gasteiger charge is 2.25. The van der Waals surface area contributed by atoms with Gasteiger partial charge in [-0.25, -0.2) is 9.97 Å². The maximum atomic E-state index is 6.91. The first-order valence-corrected chi connectivity index (χ1v) is 20.7. The second kappa shape index (κ2) is 13.1. The molecule has 0 radical (unpaired) electrons. The molecule has 0 saturated heterocycles. The molecule has 0 aliphatic heterocycles. The van der Waals surface area contributed by atoms with Crippen LogP contribution in [0, 0.1) is 0 Å². The summed E-state index contributed by atoms with van der Waals surface area (Å²) in [5.74, 6) is 0.590. The highest BCUT2D eigenvalue weighted by molar-refractivity contribution is 6.26. The maximum absolute atomic E-state index is 6.91. The third kappa shape index (κ3) is 5.08. The zero-order chi connectivity index (χ0) is 40.0. The Bertz CT molecular complexity index is 3860. The van der Waals surface area contributed by atoms with Gasteiger partial charge in [0.15, 0.2) is 5.58 Å². The van der Waals surface area contributed by atoms with E-state index in [1.54, 1.807) is 0 Å². The van der Waals surface area contributed by atoms with Gasteiger partial charge in [0.05, 0.1) is 27.8 Å². The van der Waals surface area contributed by atoms with Crippen LogP contribution in [-0.2, 0) is 0 Å². The Labute approximate surface area is 350 Å². The summed E-state index contributed by atoms with van der Waals surface area (Å²) in [6, 6.07) is 73.1. The van der Waals surface area contributed by atoms with E-state index in [1.807, 2.05) is 18.2 Å². The first-order valence-electron chi connectivity index (χ1n) is 20.7. The number of furan rings is 1. The molecule has 0 aliphatic carbocycles. The van der Waals surface area contributed by atoms with Crippen LogP contribution < -0.4 is 0 Å². The molecule has 4 aromatic heterocycles. The van der Waals surface area contributed by atoms with Gasteiger partial charge in [0.2, 0.25) is 5.95 Å². The van der Waals surface area contributed by atoms with Gasteiger partial charge in [-0.05, 0) is 76.9 Å². The van der Waals surface area contributed by atoms with Crippen LogP contribution in [-0.4, -0.2) is 19.1 Å². The van der Waals surface area contributed by atoms with Crippen LogP contribution in [0.3, 0.4) is 0 Å². The SMILES string of the molecule is c1ccc(-c2ccc(-c3nc(-n4c5ccccc5c5c(-c6ccc7c(c6)c6ccccc6n7-c6ccccc6)cc6c7ccccc7oc6c54)nc4ccccc34)cc2)cc1. The minimum atomic E-state index is 0.590. The van der Waals surface area contributed by atoms with E-state index < -0.39 is 0 Å². The zero-order valence-corrected chi connectivity index (χ0v) is 32.8. The lowest BCUT2D eigenvalue weighted by Gasteiger charge is -2.13. The molecular weight excluding hydrogens is 745 g/mol. The van der Waals surface area contributed by atoms with Crippen molar-refractivity contribution in [2.75, 3.05) is 0 Å². The molecule has 0 N–H and O–H groups in total. The molecule has 0 atom stereocenters. The minimum Gasteiger partial charge on any atom is -0.454 e. The number of hydrogen-bond donors (Lipinski definition) is 0. The largest absolute Gasteiger partial charge is 0.454 e. The average Bonchev–Trinajstić information content (AvgIpc) is 3.99. The van der Waals surface area contributed by atoms with Gasteiger partial charge in [0.1, 0.15) is 11.1 Å². The average molecular weight is 779 g/mol. The van der Waals surface area contributed by atoms with E-state index in [4.69, 9.17) is 14.4 Å². The molecule has 5 nitrogen and oxygen atoms in total. The van der Waals surface area contributed by atoms with Gasteiger partial charge in [0, 0.05) is 49.0 Å². The molecule has 0 spiro atoms. The Balaban J connectivity index is 1.11. The van der Waals surface area contributed by atoms with Crippen molar-refractivity contribution in [3.05, 3.63) is 206 Å². The van der Waals surface area contributed by atoms with Crippen LogP contribution in [0.25, 0.3) is 122 Å². The van der Waals surface area contributed by atoms with Gasteiger partial charge in [0.25, 0.3) is 0 Å². The number of rotatable bonds is 5. The number of aromatic nitrogens is 4. The fourth-order valence-corrected chi connectivity index (χ4v) is 9.60. The number of hydrogen-bond acceptors (Lipinski definition) is 3. The molecule has 61 heavy (non-hydrogen) atoms. The lowest BCUT2D eigenvalue weighted by molar-refractivity contribution is 0.671. The third-order valence-electron chi connectivity index (χ3n) is 12.3. The molecule has 9 aromatic carbocycles. The summed E-state index contributed by atoms with van der Waals surface area (Å²) in [6.07, 6.45) is 0. The van der Waals surface area contributed by atoms with Crippen molar-refractivity contribution in [2.24, 2.45) is 0 Å². The third-order valence-corrected chi connectivity index (χ3v) is 12.3. The zero-order valence-electron chi connectivity index (χ0n) is 32.8. The standard InChI is InChI=1S/C56H34N4O/c1-3-15-35(16-4-1)36-27-29-37(30-28-36)53-42-21-7-11-23-47(42)57-56(58-53)60-49-25-13-9-22-43(49)52-44(34-46-41-20-10-14-26-51(41)61-55(46)54(52)60)38-31-32-50-45(33-38)40-19-8-12-24-48(40)59(50)39-17-5-2-6-18-39/h1-34H. The van der Waals surface area contributed by atoms with E-state index in [0.717, 1.165) is 88.3 Å². The predicted octanol–water partition coefficient (Wildman–Crippen LogP) is 14.7. The van der Waals surface area contributed by atoms with E-state index in [-0.39, 0.29) is 0 Å². The van der Waals surface area contributed by atoms with Gasteiger partial charge in [-0.2, -0.15) is 0 Å². The molecular formula is C56H34N4O. The summed E-state index contributed by atoms with van der Waals surface area (Å²) in [4.78, 5) is 10.8. The quantitative estimate of drug-likeness (QED) is 0.175. The number of benzene rings is 9. The number of nitrogens with zero attached hydrogens (tertiary/aromatic N) is 4. The molecule has 0 amide bonds. The summed E-state index contributed by atoms with van der Waals surface area (Å²) < 4.78 is 11.5. The molecule has 0 saturated carbocycles. The van der Waals surface area contributed by atoms with E-state index in [0.29, 0.717) is 5.95 Å². The summed E-state index contributed by atoms with van der Waals surface area (Å²) in [5, 5.41) is 7.73. The monoisotopic (exact) mass is 778 g/mol. The molecule has 284 valence electrons. The van der Waals surface area contributed by atoms with E-state index in [9.17, 15) is 0 Å². The van der Waals surface area contributed by atoms with Crippen molar-refractivity contribution >= 4 is 76.5 Å². The summed E-state index contributed by atoms with van der Waals surface area (Å²) in [6.45, 7) is 0. The van der Waals surface area contributed by atoms with E-state index in [2.05, 4.69) is 197 Å². The number of fused-ring (bicyclic) bond motifs is 11. The second-order valence-corrected chi connectivity index (χ2v) is 15.7. The fraction of sp³-hybridized carbons (Fsp3) is 0. The first kappa shape index (κ1) is 33.7. The summed E-state index contributed by atoms with van der Waals surface area (Å²) in [7, 11) is 0. The van der Waals surface area contributed by atoms with Crippen LogP contribution >= 0.6 is 0 Å². The van der Waals surface area contributed by atoms with Crippen molar-refractivity contribution in [3.63, 3.8) is 0 Å². The van der Waals surface area contributed by atoms with Crippen molar-refractivity contribution in [3.8, 4) is 45.1 Å². The van der Waals surface area contributed by atoms with Gasteiger partial charge < -0.3 is 8.98 Å². The van der Waals surface area contributed by atoms with Crippen molar-refractivity contribution in [1.29, 1.82) is 0 Å². The highest BCUT2D eigenvalue weighted by Crippen LogP contribution is 2.46. The highest BCUT2D eigenvalue weighted by atomic mass is 16.3.